The van der Waals surface area contributed by atoms with Gasteiger partial charge in [-0.15, -0.1) is 0 Å². The largest absolute Gasteiger partial charge is 0.465 e. The van der Waals surface area contributed by atoms with Crippen molar-refractivity contribution in [3.8, 4) is 0 Å². The van der Waals surface area contributed by atoms with E-state index in [1.807, 2.05) is 6.07 Å². The molecule has 8 heteroatoms. The molecule has 1 unspecified atom stereocenters. The summed E-state index contributed by atoms with van der Waals surface area (Å²) in [6, 6.07) is 9.47. The molecule has 0 saturated heterocycles. The van der Waals surface area contributed by atoms with Gasteiger partial charge in [0.15, 0.2) is 0 Å². The topological polar surface area (TPSA) is 72.5 Å². The summed E-state index contributed by atoms with van der Waals surface area (Å²) in [6.07, 6.45) is 1.71. The van der Waals surface area contributed by atoms with Gasteiger partial charge in [0.1, 0.15) is 0 Å². The van der Waals surface area contributed by atoms with Gasteiger partial charge in [-0.3, -0.25) is 0 Å². The van der Waals surface area contributed by atoms with Crippen LogP contribution in [0.1, 0.15) is 27.9 Å². The molecule has 138 valence electrons. The first-order valence-corrected chi connectivity index (χ1v) is 10.6. The first-order valence-electron chi connectivity index (χ1n) is 7.97. The Morgan fingerprint density at radius 2 is 1.96 bits per heavy atom. The van der Waals surface area contributed by atoms with Gasteiger partial charge < -0.3 is 4.74 Å². The molecule has 26 heavy (non-hydrogen) atoms. The number of ether oxygens (including phenoxy) is 1. The van der Waals surface area contributed by atoms with E-state index < -0.39 is 10.0 Å². The molecule has 0 aromatic heterocycles. The summed E-state index contributed by atoms with van der Waals surface area (Å²) < 4.78 is 33.5. The standard InChI is InChI=1S/C18H17BrClNO4S/c1-25-18(22)17-10-12(19)8-11-9-14(4-7-16(11)17)21-26(23,24)15-5-2-13(20)3-6-15/h2-3,5-6,8,10,14,21H,4,7,9H2,1H3. The highest BCUT2D eigenvalue weighted by Gasteiger charge is 2.27. The Morgan fingerprint density at radius 1 is 1.27 bits per heavy atom. The molecule has 0 spiro atoms. The molecule has 3 rings (SSSR count). The number of sulfonamides is 1. The van der Waals surface area contributed by atoms with Gasteiger partial charge in [0.05, 0.1) is 17.6 Å². The minimum atomic E-state index is -3.63. The van der Waals surface area contributed by atoms with Crippen LogP contribution in [0, 0.1) is 0 Å². The van der Waals surface area contributed by atoms with Gasteiger partial charge in [0.25, 0.3) is 0 Å². The molecule has 1 aliphatic carbocycles. The van der Waals surface area contributed by atoms with E-state index in [9.17, 15) is 13.2 Å². The van der Waals surface area contributed by atoms with Crippen LogP contribution in [0.3, 0.4) is 0 Å². The Balaban J connectivity index is 1.83. The van der Waals surface area contributed by atoms with Gasteiger partial charge in [0, 0.05) is 15.5 Å². The molecular weight excluding hydrogens is 442 g/mol. The minimum absolute atomic E-state index is 0.178. The van der Waals surface area contributed by atoms with Crippen LogP contribution < -0.4 is 4.72 Å². The normalized spacial score (nSPS) is 16.8. The van der Waals surface area contributed by atoms with Gasteiger partial charge in [-0.05, 0) is 66.8 Å². The third-order valence-corrected chi connectivity index (χ3v) is 6.61. The maximum atomic E-state index is 12.6. The number of nitrogens with one attached hydrogen (secondary N) is 1. The number of esters is 1. The molecule has 1 aliphatic rings. The molecule has 0 fully saturated rings. The van der Waals surface area contributed by atoms with Crippen molar-refractivity contribution >= 4 is 43.5 Å². The lowest BCUT2D eigenvalue weighted by Gasteiger charge is -2.27. The van der Waals surface area contributed by atoms with Crippen LogP contribution in [0.4, 0.5) is 0 Å². The number of hydrogen-bond acceptors (Lipinski definition) is 4. The van der Waals surface area contributed by atoms with Crippen LogP contribution >= 0.6 is 27.5 Å². The number of rotatable bonds is 4. The first kappa shape index (κ1) is 19.4. The first-order chi connectivity index (χ1) is 12.3. The third-order valence-electron chi connectivity index (χ3n) is 4.37. The van der Waals surface area contributed by atoms with Crippen LogP contribution in [-0.4, -0.2) is 27.5 Å². The minimum Gasteiger partial charge on any atom is -0.465 e. The summed E-state index contributed by atoms with van der Waals surface area (Å²) in [6.45, 7) is 0. The van der Waals surface area contributed by atoms with E-state index in [1.54, 1.807) is 18.2 Å². The number of carbonyl (C=O) groups is 1. The molecule has 0 amide bonds. The van der Waals surface area contributed by atoms with Crippen molar-refractivity contribution in [1.82, 2.24) is 4.72 Å². The molecular formula is C18H17BrClNO4S. The van der Waals surface area contributed by atoms with Crippen LogP contribution in [-0.2, 0) is 27.6 Å². The number of hydrogen-bond donors (Lipinski definition) is 1. The van der Waals surface area contributed by atoms with E-state index >= 15 is 0 Å². The second-order valence-electron chi connectivity index (χ2n) is 6.10. The maximum Gasteiger partial charge on any atom is 0.338 e. The molecule has 0 heterocycles. The van der Waals surface area contributed by atoms with Crippen molar-refractivity contribution in [3.63, 3.8) is 0 Å². The van der Waals surface area contributed by atoms with Crippen LogP contribution in [0.5, 0.6) is 0 Å². The fraction of sp³-hybridized carbons (Fsp3) is 0.278. The number of benzene rings is 2. The molecule has 1 N–H and O–H groups in total. The Kier molecular flexibility index (Phi) is 5.72. The fourth-order valence-corrected chi connectivity index (χ4v) is 5.05. The zero-order chi connectivity index (χ0) is 18.9. The zero-order valence-corrected chi connectivity index (χ0v) is 17.1. The molecule has 0 saturated carbocycles. The maximum absolute atomic E-state index is 12.6. The zero-order valence-electron chi connectivity index (χ0n) is 14.0. The Bertz CT molecular complexity index is 944. The lowest BCUT2D eigenvalue weighted by Crippen LogP contribution is -2.39. The van der Waals surface area contributed by atoms with Gasteiger partial charge >= 0.3 is 5.97 Å². The lowest BCUT2D eigenvalue weighted by molar-refractivity contribution is 0.0599. The summed E-state index contributed by atoms with van der Waals surface area (Å²) in [5.41, 5.74) is 2.38. The van der Waals surface area contributed by atoms with Crippen molar-refractivity contribution in [2.45, 2.75) is 30.2 Å². The van der Waals surface area contributed by atoms with E-state index in [1.165, 1.54) is 19.2 Å². The SMILES string of the molecule is COC(=O)c1cc(Br)cc2c1CCC(NS(=O)(=O)c1ccc(Cl)cc1)C2. The molecule has 0 bridgehead atoms. The van der Waals surface area contributed by atoms with Crippen LogP contribution in [0.25, 0.3) is 0 Å². The molecule has 1 atom stereocenters. The third kappa shape index (κ3) is 4.11. The van der Waals surface area contributed by atoms with Crippen molar-refractivity contribution < 1.29 is 17.9 Å². The number of fused-ring (bicyclic) bond motifs is 1. The van der Waals surface area contributed by atoms with Crippen molar-refractivity contribution in [2.75, 3.05) is 7.11 Å². The summed E-state index contributed by atoms with van der Waals surface area (Å²) in [5, 5.41) is 0.482. The van der Waals surface area contributed by atoms with Crippen molar-refractivity contribution in [2.24, 2.45) is 0 Å². The fourth-order valence-electron chi connectivity index (χ4n) is 3.15. The number of carbonyl (C=O) groups excluding carboxylic acids is 1. The molecule has 2 aromatic carbocycles. The highest BCUT2D eigenvalue weighted by atomic mass is 79.9. The van der Waals surface area contributed by atoms with Gasteiger partial charge in [-0.1, -0.05) is 27.5 Å². The van der Waals surface area contributed by atoms with E-state index in [4.69, 9.17) is 16.3 Å². The van der Waals surface area contributed by atoms with E-state index in [0.29, 0.717) is 29.8 Å². The monoisotopic (exact) mass is 457 g/mol. The summed E-state index contributed by atoms with van der Waals surface area (Å²) in [4.78, 5) is 12.2. The smallest absolute Gasteiger partial charge is 0.338 e. The molecule has 0 aliphatic heterocycles. The van der Waals surface area contributed by atoms with E-state index in [0.717, 1.165) is 15.6 Å². The van der Waals surface area contributed by atoms with Crippen molar-refractivity contribution in [3.05, 3.63) is 62.6 Å². The van der Waals surface area contributed by atoms with E-state index in [2.05, 4.69) is 20.7 Å². The number of halogens is 2. The average molecular weight is 459 g/mol. The predicted octanol–water partition coefficient (Wildman–Crippen LogP) is 3.72. The van der Waals surface area contributed by atoms with E-state index in [-0.39, 0.29) is 16.9 Å². The van der Waals surface area contributed by atoms with Crippen LogP contribution in [0.15, 0.2) is 45.8 Å². The van der Waals surface area contributed by atoms with Gasteiger partial charge in [-0.25, -0.2) is 17.9 Å². The quantitative estimate of drug-likeness (QED) is 0.709. The average Bonchev–Trinajstić information content (AvgIpc) is 2.60. The second kappa shape index (κ2) is 7.68. The summed E-state index contributed by atoms with van der Waals surface area (Å²) >= 11 is 9.22. The molecule has 2 aromatic rings. The Morgan fingerprint density at radius 3 is 2.62 bits per heavy atom. The Labute approximate surface area is 165 Å². The van der Waals surface area contributed by atoms with Crippen LogP contribution in [0.2, 0.25) is 5.02 Å². The van der Waals surface area contributed by atoms with Crippen molar-refractivity contribution in [1.29, 1.82) is 0 Å². The van der Waals surface area contributed by atoms with Gasteiger partial charge in [-0.2, -0.15) is 0 Å². The lowest BCUT2D eigenvalue weighted by atomic mass is 9.86. The summed E-state index contributed by atoms with van der Waals surface area (Å²) in [7, 11) is -2.28. The van der Waals surface area contributed by atoms with Gasteiger partial charge in [0.2, 0.25) is 10.0 Å². The molecule has 5 nitrogen and oxygen atoms in total. The highest BCUT2D eigenvalue weighted by molar-refractivity contribution is 9.10. The second-order valence-corrected chi connectivity index (χ2v) is 9.16. The molecule has 0 radical (unpaired) electrons. The summed E-state index contributed by atoms with van der Waals surface area (Å²) in [5.74, 6) is -0.386. The number of methoxy groups -OCH3 is 1. The highest BCUT2D eigenvalue weighted by Crippen LogP contribution is 2.29. The Hall–Kier alpha value is -1.41. The predicted molar refractivity (Wildman–Crippen MR) is 103 cm³/mol.